The molecule has 1 aromatic heterocycles. The number of pyridine rings is 1. The Bertz CT molecular complexity index is 669. The monoisotopic (exact) mass is 295 g/mol. The number of nitrogens with one attached hydrogen (secondary N) is 1. The number of benzene rings is 1. The molecule has 0 bridgehead atoms. The van der Waals surface area contributed by atoms with E-state index < -0.39 is 0 Å². The SMILES string of the molecule is CCCNc1cncc(C(=O)N2CCCc3ccccc32)c1. The average Bonchev–Trinajstić information content (AvgIpc) is 2.59. The predicted molar refractivity (Wildman–Crippen MR) is 89.5 cm³/mol. The number of nitrogens with zero attached hydrogens (tertiary/aromatic N) is 2. The van der Waals surface area contributed by atoms with E-state index in [0.717, 1.165) is 43.7 Å². The number of aromatic nitrogens is 1. The van der Waals surface area contributed by atoms with Gasteiger partial charge in [-0.15, -0.1) is 0 Å². The van der Waals surface area contributed by atoms with E-state index in [0.29, 0.717) is 5.56 Å². The number of aryl methyl sites for hydroxylation is 1. The minimum absolute atomic E-state index is 0.0276. The highest BCUT2D eigenvalue weighted by Crippen LogP contribution is 2.28. The lowest BCUT2D eigenvalue weighted by molar-refractivity contribution is 0.0985. The number of carbonyl (C=O) groups is 1. The van der Waals surface area contributed by atoms with Crippen molar-refractivity contribution in [1.29, 1.82) is 0 Å². The molecule has 0 fully saturated rings. The Morgan fingerprint density at radius 2 is 2.18 bits per heavy atom. The van der Waals surface area contributed by atoms with Crippen molar-refractivity contribution in [3.05, 3.63) is 53.9 Å². The second-order valence-corrected chi connectivity index (χ2v) is 5.58. The molecule has 0 aliphatic carbocycles. The van der Waals surface area contributed by atoms with Gasteiger partial charge in [-0.25, -0.2) is 0 Å². The number of anilines is 2. The smallest absolute Gasteiger partial charge is 0.259 e. The first kappa shape index (κ1) is 14.6. The summed E-state index contributed by atoms with van der Waals surface area (Å²) in [6, 6.07) is 10.0. The molecule has 1 N–H and O–H groups in total. The van der Waals surface area contributed by atoms with Crippen molar-refractivity contribution < 1.29 is 4.79 Å². The van der Waals surface area contributed by atoms with Gasteiger partial charge in [-0.3, -0.25) is 9.78 Å². The van der Waals surface area contributed by atoms with Crippen LogP contribution in [0, 0.1) is 0 Å². The number of para-hydroxylation sites is 1. The van der Waals surface area contributed by atoms with Crippen molar-refractivity contribution in [2.24, 2.45) is 0 Å². The molecule has 0 atom stereocenters. The molecule has 0 saturated carbocycles. The summed E-state index contributed by atoms with van der Waals surface area (Å²) in [4.78, 5) is 18.9. The molecule has 2 heterocycles. The third kappa shape index (κ3) is 2.96. The van der Waals surface area contributed by atoms with E-state index in [-0.39, 0.29) is 5.91 Å². The Morgan fingerprint density at radius 3 is 3.05 bits per heavy atom. The minimum atomic E-state index is 0.0276. The van der Waals surface area contributed by atoms with E-state index >= 15 is 0 Å². The second kappa shape index (κ2) is 6.60. The molecule has 4 heteroatoms. The fourth-order valence-electron chi connectivity index (χ4n) is 2.82. The van der Waals surface area contributed by atoms with Crippen LogP contribution >= 0.6 is 0 Å². The highest BCUT2D eigenvalue weighted by molar-refractivity contribution is 6.07. The van der Waals surface area contributed by atoms with Crippen LogP contribution in [0.5, 0.6) is 0 Å². The first-order valence-corrected chi connectivity index (χ1v) is 7.88. The Hall–Kier alpha value is -2.36. The van der Waals surface area contributed by atoms with Crippen LogP contribution in [0.2, 0.25) is 0 Å². The van der Waals surface area contributed by atoms with Gasteiger partial charge in [0.2, 0.25) is 0 Å². The molecule has 0 unspecified atom stereocenters. The summed E-state index contributed by atoms with van der Waals surface area (Å²) in [5.41, 5.74) is 3.82. The molecule has 0 spiro atoms. The number of fused-ring (bicyclic) bond motifs is 1. The molecule has 1 aromatic carbocycles. The molecule has 4 nitrogen and oxygen atoms in total. The molecule has 2 aromatic rings. The molecular formula is C18H21N3O. The third-order valence-corrected chi connectivity index (χ3v) is 3.92. The van der Waals surface area contributed by atoms with E-state index in [4.69, 9.17) is 0 Å². The zero-order valence-corrected chi connectivity index (χ0v) is 12.9. The van der Waals surface area contributed by atoms with Crippen LogP contribution in [0.25, 0.3) is 0 Å². The molecule has 1 amide bonds. The quantitative estimate of drug-likeness (QED) is 0.939. The molecule has 114 valence electrons. The van der Waals surface area contributed by atoms with Crippen LogP contribution < -0.4 is 10.2 Å². The maximum atomic E-state index is 12.8. The van der Waals surface area contributed by atoms with E-state index in [1.54, 1.807) is 12.4 Å². The van der Waals surface area contributed by atoms with Crippen LogP contribution in [0.3, 0.4) is 0 Å². The summed E-state index contributed by atoms with van der Waals surface area (Å²) in [7, 11) is 0. The summed E-state index contributed by atoms with van der Waals surface area (Å²) in [5.74, 6) is 0.0276. The normalized spacial score (nSPS) is 13.6. The van der Waals surface area contributed by atoms with E-state index in [1.165, 1.54) is 5.56 Å². The van der Waals surface area contributed by atoms with Crippen LogP contribution in [-0.4, -0.2) is 24.0 Å². The van der Waals surface area contributed by atoms with Crippen molar-refractivity contribution in [2.45, 2.75) is 26.2 Å². The van der Waals surface area contributed by atoms with Crippen molar-refractivity contribution >= 4 is 17.3 Å². The van der Waals surface area contributed by atoms with Crippen molar-refractivity contribution in [3.63, 3.8) is 0 Å². The van der Waals surface area contributed by atoms with Crippen molar-refractivity contribution in [3.8, 4) is 0 Å². The van der Waals surface area contributed by atoms with Gasteiger partial charge < -0.3 is 10.2 Å². The standard InChI is InChI=1S/C18H21N3O/c1-2-9-20-16-11-15(12-19-13-16)18(22)21-10-5-7-14-6-3-4-8-17(14)21/h3-4,6,8,11-13,20H,2,5,7,9-10H2,1H3. The largest absolute Gasteiger partial charge is 0.384 e. The highest BCUT2D eigenvalue weighted by atomic mass is 16.2. The first-order valence-electron chi connectivity index (χ1n) is 7.88. The van der Waals surface area contributed by atoms with Crippen LogP contribution in [-0.2, 0) is 6.42 Å². The number of hydrogen-bond donors (Lipinski definition) is 1. The molecule has 0 saturated heterocycles. The predicted octanol–water partition coefficient (Wildman–Crippen LogP) is 3.50. The van der Waals surface area contributed by atoms with Crippen LogP contribution in [0.1, 0.15) is 35.7 Å². The Kier molecular flexibility index (Phi) is 4.37. The lowest BCUT2D eigenvalue weighted by Gasteiger charge is -2.29. The van der Waals surface area contributed by atoms with Gasteiger partial charge in [0.05, 0.1) is 11.3 Å². The summed E-state index contributed by atoms with van der Waals surface area (Å²) in [5, 5.41) is 3.28. The molecule has 1 aliphatic heterocycles. The zero-order valence-electron chi connectivity index (χ0n) is 12.9. The maximum Gasteiger partial charge on any atom is 0.259 e. The lowest BCUT2D eigenvalue weighted by Crippen LogP contribution is -2.35. The summed E-state index contributed by atoms with van der Waals surface area (Å²) in [6.07, 6.45) is 6.49. The second-order valence-electron chi connectivity index (χ2n) is 5.58. The van der Waals surface area contributed by atoms with E-state index in [2.05, 4.69) is 23.3 Å². The Morgan fingerprint density at radius 1 is 1.32 bits per heavy atom. The molecule has 1 aliphatic rings. The first-order chi connectivity index (χ1) is 10.8. The molecular weight excluding hydrogens is 274 g/mol. The van der Waals surface area contributed by atoms with Gasteiger partial charge in [0.1, 0.15) is 0 Å². The van der Waals surface area contributed by atoms with Gasteiger partial charge in [0.15, 0.2) is 0 Å². The van der Waals surface area contributed by atoms with Gasteiger partial charge in [0, 0.05) is 31.2 Å². The van der Waals surface area contributed by atoms with Gasteiger partial charge in [-0.2, -0.15) is 0 Å². The summed E-state index contributed by atoms with van der Waals surface area (Å²) in [6.45, 7) is 3.76. The van der Waals surface area contributed by atoms with Gasteiger partial charge in [0.25, 0.3) is 5.91 Å². The molecule has 22 heavy (non-hydrogen) atoms. The summed E-state index contributed by atoms with van der Waals surface area (Å²) < 4.78 is 0. The topological polar surface area (TPSA) is 45.2 Å². The van der Waals surface area contributed by atoms with E-state index in [9.17, 15) is 4.79 Å². The van der Waals surface area contributed by atoms with E-state index in [1.807, 2.05) is 29.2 Å². The average molecular weight is 295 g/mol. The number of hydrogen-bond acceptors (Lipinski definition) is 3. The van der Waals surface area contributed by atoms with Gasteiger partial charge in [-0.05, 0) is 37.0 Å². The fourth-order valence-corrected chi connectivity index (χ4v) is 2.82. The molecule has 0 radical (unpaired) electrons. The van der Waals surface area contributed by atoms with Crippen LogP contribution in [0.4, 0.5) is 11.4 Å². The number of rotatable bonds is 4. The summed E-state index contributed by atoms with van der Waals surface area (Å²) >= 11 is 0. The zero-order chi connectivity index (χ0) is 15.4. The van der Waals surface area contributed by atoms with Crippen molar-refractivity contribution in [2.75, 3.05) is 23.3 Å². The maximum absolute atomic E-state index is 12.8. The Balaban J connectivity index is 1.86. The molecule has 3 rings (SSSR count). The minimum Gasteiger partial charge on any atom is -0.384 e. The van der Waals surface area contributed by atoms with Gasteiger partial charge >= 0.3 is 0 Å². The van der Waals surface area contributed by atoms with Gasteiger partial charge in [-0.1, -0.05) is 25.1 Å². The number of amides is 1. The number of carbonyl (C=O) groups excluding carboxylic acids is 1. The highest BCUT2D eigenvalue weighted by Gasteiger charge is 2.23. The van der Waals surface area contributed by atoms with Crippen LogP contribution in [0.15, 0.2) is 42.7 Å². The fraction of sp³-hybridized carbons (Fsp3) is 0.333. The van der Waals surface area contributed by atoms with Crippen molar-refractivity contribution in [1.82, 2.24) is 4.98 Å². The lowest BCUT2D eigenvalue weighted by atomic mass is 10.0. The Labute approximate surface area is 131 Å². The third-order valence-electron chi connectivity index (χ3n) is 3.92.